The molecule has 2 aromatic carbocycles. The summed E-state index contributed by atoms with van der Waals surface area (Å²) < 4.78 is 25.1. The van der Waals surface area contributed by atoms with Crippen LogP contribution >= 0.6 is 11.3 Å². The quantitative estimate of drug-likeness (QED) is 0.142. The Balaban J connectivity index is 1.66. The van der Waals surface area contributed by atoms with Crippen molar-refractivity contribution >= 4 is 35.0 Å². The fourth-order valence-corrected chi connectivity index (χ4v) is 5.22. The van der Waals surface area contributed by atoms with Gasteiger partial charge >= 0.3 is 11.9 Å². The molecule has 0 aliphatic rings. The molecule has 1 amide bonds. The van der Waals surface area contributed by atoms with Crippen molar-refractivity contribution in [3.8, 4) is 5.75 Å². The van der Waals surface area contributed by atoms with Crippen LogP contribution in [0.1, 0.15) is 52.4 Å². The Bertz CT molecular complexity index is 1340. The first-order chi connectivity index (χ1) is 18.6. The van der Waals surface area contributed by atoms with Gasteiger partial charge in [-0.2, -0.15) is 0 Å². The number of thiophene rings is 1. The summed E-state index contributed by atoms with van der Waals surface area (Å²) in [5.74, 6) is -3.13. The highest BCUT2D eigenvalue weighted by atomic mass is 32.1. The zero-order valence-corrected chi connectivity index (χ0v) is 23.0. The van der Waals surface area contributed by atoms with Crippen LogP contribution in [0.2, 0.25) is 0 Å². The number of esters is 2. The number of halogens is 1. The number of hydrogen-bond donors (Lipinski definition) is 2. The predicted octanol–water partition coefficient (Wildman–Crippen LogP) is 4.94. The number of nitrogens with two attached hydrogens (primary N) is 1. The topological polar surface area (TPSA) is 123 Å². The number of carbonyl (C=O) groups is 3. The maximum atomic E-state index is 14.5. The zero-order chi connectivity index (χ0) is 28.6. The largest absolute Gasteiger partial charge is 0.459 e. The van der Waals surface area contributed by atoms with Gasteiger partial charge in [-0.05, 0) is 49.1 Å². The molecular formula is C29H32FN3O5S. The minimum absolute atomic E-state index is 0.130. The molecule has 0 saturated heterocycles. The molecule has 0 atom stereocenters. The number of amidine groups is 1. The second kappa shape index (κ2) is 13.1. The minimum atomic E-state index is -0.887. The summed E-state index contributed by atoms with van der Waals surface area (Å²) >= 11 is 1.16. The molecule has 39 heavy (non-hydrogen) atoms. The van der Waals surface area contributed by atoms with Crippen molar-refractivity contribution in [3.05, 3.63) is 87.4 Å². The van der Waals surface area contributed by atoms with Crippen molar-refractivity contribution in [2.45, 2.75) is 39.7 Å². The number of nitrogens with zero attached hydrogens (tertiary/aromatic N) is 1. The second-order valence-electron chi connectivity index (χ2n) is 9.16. The molecule has 8 nitrogen and oxygen atoms in total. The van der Waals surface area contributed by atoms with E-state index in [4.69, 9.17) is 20.6 Å². The summed E-state index contributed by atoms with van der Waals surface area (Å²) in [5, 5.41) is 7.44. The van der Waals surface area contributed by atoms with Gasteiger partial charge in [0.1, 0.15) is 23.9 Å². The fourth-order valence-electron chi connectivity index (χ4n) is 4.20. The number of carbonyl (C=O) groups excluding carboxylic acids is 3. The van der Waals surface area contributed by atoms with E-state index in [1.807, 2.05) is 44.2 Å². The van der Waals surface area contributed by atoms with Crippen LogP contribution in [0.15, 0.2) is 60.7 Å². The molecule has 1 heterocycles. The number of likely N-dealkylation sites (N-methyl/N-ethyl adjacent to an activating group) is 1. The molecule has 0 radical (unpaired) electrons. The van der Waals surface area contributed by atoms with E-state index in [-0.39, 0.29) is 35.2 Å². The van der Waals surface area contributed by atoms with Crippen LogP contribution in [0, 0.1) is 16.6 Å². The maximum absolute atomic E-state index is 14.5. The summed E-state index contributed by atoms with van der Waals surface area (Å²) in [7, 11) is 1.58. The smallest absolute Gasteiger partial charge is 0.353 e. The van der Waals surface area contributed by atoms with Crippen molar-refractivity contribution < 1.29 is 28.2 Å². The number of rotatable bonds is 12. The Kier molecular flexibility index (Phi) is 9.95. The highest BCUT2D eigenvalue weighted by Crippen LogP contribution is 2.35. The van der Waals surface area contributed by atoms with Gasteiger partial charge in [-0.1, -0.05) is 50.2 Å². The van der Waals surface area contributed by atoms with Gasteiger partial charge in [0.15, 0.2) is 11.6 Å². The van der Waals surface area contributed by atoms with Crippen LogP contribution in [0.5, 0.6) is 5.75 Å². The third-order valence-corrected chi connectivity index (χ3v) is 7.66. The lowest BCUT2D eigenvalue weighted by molar-refractivity contribution is -0.153. The van der Waals surface area contributed by atoms with E-state index in [0.717, 1.165) is 21.8 Å². The molecule has 1 aromatic heterocycles. The van der Waals surface area contributed by atoms with Crippen LogP contribution in [0.25, 0.3) is 0 Å². The summed E-state index contributed by atoms with van der Waals surface area (Å²) in [6.07, 6.45) is 1.40. The summed E-state index contributed by atoms with van der Waals surface area (Å²) in [6, 6.07) is 16.7. The van der Waals surface area contributed by atoms with Gasteiger partial charge in [0, 0.05) is 11.9 Å². The molecule has 0 unspecified atom stereocenters. The van der Waals surface area contributed by atoms with Gasteiger partial charge in [0.05, 0.1) is 11.0 Å². The van der Waals surface area contributed by atoms with Gasteiger partial charge in [0.25, 0.3) is 0 Å². The third kappa shape index (κ3) is 7.29. The number of nitrogens with one attached hydrogen (secondary N) is 1. The molecular weight excluding hydrogens is 521 g/mol. The number of benzene rings is 2. The van der Waals surface area contributed by atoms with Crippen LogP contribution in [0.4, 0.5) is 4.39 Å². The van der Waals surface area contributed by atoms with Crippen molar-refractivity contribution in [1.82, 2.24) is 4.90 Å². The first-order valence-corrected chi connectivity index (χ1v) is 13.3. The monoisotopic (exact) mass is 553 g/mol. The van der Waals surface area contributed by atoms with E-state index < -0.39 is 29.0 Å². The molecule has 0 spiro atoms. The van der Waals surface area contributed by atoms with Gasteiger partial charge in [-0.25, -0.2) is 9.18 Å². The summed E-state index contributed by atoms with van der Waals surface area (Å²) in [5.41, 5.74) is 5.29. The average molecular weight is 554 g/mol. The first-order valence-electron chi connectivity index (χ1n) is 12.5. The molecule has 3 N–H and O–H groups in total. The molecule has 3 rings (SSSR count). The summed E-state index contributed by atoms with van der Waals surface area (Å²) in [4.78, 5) is 41.0. The van der Waals surface area contributed by atoms with E-state index in [1.165, 1.54) is 23.1 Å². The molecule has 3 aromatic rings. The Morgan fingerprint density at radius 3 is 2.36 bits per heavy atom. The highest BCUT2D eigenvalue weighted by Gasteiger charge is 2.38. The molecule has 0 saturated carbocycles. The van der Waals surface area contributed by atoms with Gasteiger partial charge in [-0.15, -0.1) is 11.3 Å². The van der Waals surface area contributed by atoms with Crippen molar-refractivity contribution in [2.24, 2.45) is 11.1 Å². The van der Waals surface area contributed by atoms with Gasteiger partial charge in [-0.3, -0.25) is 15.0 Å². The number of nitrogen functional groups attached to an aromatic ring is 1. The predicted molar refractivity (Wildman–Crippen MR) is 147 cm³/mol. The van der Waals surface area contributed by atoms with Gasteiger partial charge < -0.3 is 20.1 Å². The van der Waals surface area contributed by atoms with Crippen LogP contribution in [-0.2, 0) is 27.4 Å². The second-order valence-corrected chi connectivity index (χ2v) is 10.3. The molecule has 0 fully saturated rings. The fraction of sp³-hybridized carbons (Fsp3) is 0.310. The van der Waals surface area contributed by atoms with E-state index in [1.54, 1.807) is 19.2 Å². The Morgan fingerprint density at radius 2 is 1.72 bits per heavy atom. The molecule has 0 aliphatic heterocycles. The van der Waals surface area contributed by atoms with Crippen LogP contribution in [0.3, 0.4) is 0 Å². The number of ether oxygens (including phenoxy) is 2. The Hall–Kier alpha value is -4.05. The average Bonchev–Trinajstić information content (AvgIpc) is 3.40. The zero-order valence-electron chi connectivity index (χ0n) is 22.2. The Morgan fingerprint density at radius 1 is 1.03 bits per heavy atom. The number of amides is 1. The van der Waals surface area contributed by atoms with E-state index >= 15 is 0 Å². The van der Waals surface area contributed by atoms with E-state index in [9.17, 15) is 18.8 Å². The molecule has 0 aliphatic carbocycles. The lowest BCUT2D eigenvalue weighted by Crippen LogP contribution is -2.45. The maximum Gasteiger partial charge on any atom is 0.353 e. The van der Waals surface area contributed by atoms with Crippen molar-refractivity contribution in [3.63, 3.8) is 0 Å². The lowest BCUT2D eigenvalue weighted by Gasteiger charge is -2.33. The van der Waals surface area contributed by atoms with Crippen LogP contribution < -0.4 is 10.5 Å². The first kappa shape index (κ1) is 29.5. The molecule has 10 heteroatoms. The summed E-state index contributed by atoms with van der Waals surface area (Å²) in [6.45, 7) is 3.78. The normalized spacial score (nSPS) is 11.1. The van der Waals surface area contributed by atoms with Crippen molar-refractivity contribution in [1.29, 1.82) is 5.41 Å². The van der Waals surface area contributed by atoms with E-state index in [2.05, 4.69) is 0 Å². The Labute approximate surface area is 231 Å². The van der Waals surface area contributed by atoms with E-state index in [0.29, 0.717) is 19.3 Å². The molecule has 206 valence electrons. The van der Waals surface area contributed by atoms with Gasteiger partial charge in [0.2, 0.25) is 5.91 Å². The standard InChI is InChI=1S/C29H32FN3O5S/c1-4-29(5-2,28(36)33(3)17-24(34)37-18-19-10-7-6-8-11-19)16-20-14-15-23(39-20)27(35)38-22-13-9-12-21(25(22)30)26(31)32/h6-15H,4-5,16-18H2,1-3H3,(H3,31,32). The third-order valence-electron chi connectivity index (χ3n) is 6.59. The minimum Gasteiger partial charge on any atom is -0.459 e. The SMILES string of the molecule is CCC(CC)(Cc1ccc(C(=O)Oc2cccc(C(=N)N)c2F)s1)C(=O)N(C)CC(=O)OCc1ccccc1. The highest BCUT2D eigenvalue weighted by molar-refractivity contribution is 7.14. The molecule has 0 bridgehead atoms. The lowest BCUT2D eigenvalue weighted by atomic mass is 9.77. The van der Waals surface area contributed by atoms with Crippen molar-refractivity contribution in [2.75, 3.05) is 13.6 Å². The number of hydrogen-bond acceptors (Lipinski definition) is 7. The van der Waals surface area contributed by atoms with Crippen LogP contribution in [-0.4, -0.2) is 42.2 Å².